The van der Waals surface area contributed by atoms with Crippen LogP contribution in [-0.2, 0) is 6.54 Å². The van der Waals surface area contributed by atoms with Gasteiger partial charge in [0.1, 0.15) is 6.54 Å². The van der Waals surface area contributed by atoms with Crippen molar-refractivity contribution in [2.24, 2.45) is 0 Å². The minimum absolute atomic E-state index is 0. The third-order valence-electron chi connectivity index (χ3n) is 3.28. The molecule has 0 aliphatic heterocycles. The lowest BCUT2D eigenvalue weighted by Gasteiger charge is -2.00. The van der Waals surface area contributed by atoms with Gasteiger partial charge in [0, 0.05) is 18.1 Å². The molecule has 1 aromatic rings. The monoisotopic (exact) mass is 361 g/mol. The molecule has 0 radical (unpaired) electrons. The summed E-state index contributed by atoms with van der Waals surface area (Å²) < 4.78 is 2.31. The van der Waals surface area contributed by atoms with Crippen molar-refractivity contribution >= 4 is 0 Å². The van der Waals surface area contributed by atoms with Gasteiger partial charge in [-0.05, 0) is 19.4 Å². The van der Waals surface area contributed by atoms with E-state index in [2.05, 4.69) is 42.9 Å². The van der Waals surface area contributed by atoms with E-state index in [9.17, 15) is 0 Å². The largest absolute Gasteiger partial charge is 1.00 e. The predicted octanol–water partition coefficient (Wildman–Crippen LogP) is 1.43. The highest BCUT2D eigenvalue weighted by Crippen LogP contribution is 2.08. The zero-order valence-corrected chi connectivity index (χ0v) is 14.2. The van der Waals surface area contributed by atoms with E-state index in [1.165, 1.54) is 63.5 Å². The molecule has 0 N–H and O–H groups in total. The number of aromatic nitrogens is 1. The van der Waals surface area contributed by atoms with Crippen LogP contribution in [-0.4, -0.2) is 0 Å². The smallest absolute Gasteiger partial charge is 0.171 e. The molecule has 1 nitrogen and oxygen atoms in total. The van der Waals surface area contributed by atoms with Gasteiger partial charge >= 0.3 is 0 Å². The number of aryl methyl sites for hydroxylation is 2. The quantitative estimate of drug-likeness (QED) is 0.356. The molecule has 0 unspecified atom stereocenters. The predicted molar refractivity (Wildman–Crippen MR) is 74.0 cm³/mol. The molecule has 0 amide bonds. The summed E-state index contributed by atoms with van der Waals surface area (Å²) >= 11 is 0. The van der Waals surface area contributed by atoms with E-state index in [4.69, 9.17) is 0 Å². The van der Waals surface area contributed by atoms with Gasteiger partial charge in [0.2, 0.25) is 0 Å². The number of hydrogen-bond donors (Lipinski definition) is 0. The van der Waals surface area contributed by atoms with Gasteiger partial charge < -0.3 is 24.0 Å². The molecule has 0 aliphatic carbocycles. The van der Waals surface area contributed by atoms with Crippen molar-refractivity contribution in [1.82, 2.24) is 0 Å². The highest BCUT2D eigenvalue weighted by molar-refractivity contribution is 5.01. The number of nitrogens with zero attached hydrogens (tertiary/aromatic N) is 1. The first kappa shape index (κ1) is 17.9. The van der Waals surface area contributed by atoms with Crippen LogP contribution < -0.4 is 28.5 Å². The molecule has 1 aromatic heterocycles. The van der Waals surface area contributed by atoms with Crippen LogP contribution in [0.2, 0.25) is 0 Å². The van der Waals surface area contributed by atoms with Gasteiger partial charge in [-0.15, -0.1) is 0 Å². The first-order valence-corrected chi connectivity index (χ1v) is 7.28. The van der Waals surface area contributed by atoms with Crippen LogP contribution in [0.1, 0.15) is 63.9 Å². The molecule has 0 aromatic carbocycles. The van der Waals surface area contributed by atoms with Gasteiger partial charge in [0.05, 0.1) is 0 Å². The Labute approximate surface area is 130 Å². The highest BCUT2D eigenvalue weighted by Gasteiger charge is 1.99. The van der Waals surface area contributed by atoms with Crippen LogP contribution in [0.5, 0.6) is 0 Å². The average Bonchev–Trinajstić information content (AvgIpc) is 2.33. The van der Waals surface area contributed by atoms with Crippen molar-refractivity contribution in [3.05, 3.63) is 30.1 Å². The summed E-state index contributed by atoms with van der Waals surface area (Å²) in [5.41, 5.74) is 1.35. The number of rotatable bonds is 9. The second kappa shape index (κ2) is 11.9. The Balaban J connectivity index is 0.00000289. The summed E-state index contributed by atoms with van der Waals surface area (Å²) in [6.45, 7) is 5.61. The minimum atomic E-state index is 0. The molecule has 0 fully saturated rings. The molecule has 0 aliphatic rings. The van der Waals surface area contributed by atoms with Gasteiger partial charge in [0.25, 0.3) is 0 Å². The van der Waals surface area contributed by atoms with E-state index in [1.807, 2.05) is 0 Å². The second-order valence-corrected chi connectivity index (χ2v) is 5.09. The molecule has 0 saturated carbocycles. The Morgan fingerprint density at radius 1 is 0.944 bits per heavy atom. The molecule has 1 rings (SSSR count). The van der Waals surface area contributed by atoms with Crippen molar-refractivity contribution in [1.29, 1.82) is 0 Å². The summed E-state index contributed by atoms with van der Waals surface area (Å²) in [7, 11) is 0. The molecule has 0 atom stereocenters. The fourth-order valence-electron chi connectivity index (χ4n) is 2.22. The number of unbranched alkanes of at least 4 members (excludes halogenated alkanes) is 7. The molecule has 2 heteroatoms. The fourth-order valence-corrected chi connectivity index (χ4v) is 2.22. The van der Waals surface area contributed by atoms with Crippen molar-refractivity contribution in [3.63, 3.8) is 0 Å². The third-order valence-corrected chi connectivity index (χ3v) is 3.28. The molecular formula is C16H28IN. The molecular weight excluding hydrogens is 333 g/mol. The van der Waals surface area contributed by atoms with Crippen LogP contribution in [0.4, 0.5) is 0 Å². The zero-order valence-electron chi connectivity index (χ0n) is 12.0. The number of pyridine rings is 1. The van der Waals surface area contributed by atoms with Crippen molar-refractivity contribution in [2.45, 2.75) is 71.8 Å². The summed E-state index contributed by atoms with van der Waals surface area (Å²) in [5.74, 6) is 0. The van der Waals surface area contributed by atoms with Crippen LogP contribution in [0.15, 0.2) is 24.5 Å². The Bertz CT molecular complexity index is 299. The van der Waals surface area contributed by atoms with Gasteiger partial charge in [-0.2, -0.15) is 0 Å². The van der Waals surface area contributed by atoms with Gasteiger partial charge in [-0.3, -0.25) is 0 Å². The maximum atomic E-state index is 2.31. The van der Waals surface area contributed by atoms with E-state index in [1.54, 1.807) is 0 Å². The average molecular weight is 361 g/mol. The van der Waals surface area contributed by atoms with Gasteiger partial charge in [-0.1, -0.05) is 45.4 Å². The minimum Gasteiger partial charge on any atom is -1.00 e. The lowest BCUT2D eigenvalue weighted by atomic mass is 10.1. The third kappa shape index (κ3) is 8.90. The van der Waals surface area contributed by atoms with E-state index in [0.29, 0.717) is 0 Å². The molecule has 18 heavy (non-hydrogen) atoms. The standard InChI is InChI=1S/C16H28N.HI/c1-3-4-5-6-7-8-9-10-13-17-14-11-12-16(2)15-17;/h11-12,14-15H,3-10,13H2,1-2H3;1H/q+1;/p-1. The maximum absolute atomic E-state index is 2.31. The van der Waals surface area contributed by atoms with Crippen LogP contribution in [0.3, 0.4) is 0 Å². The molecule has 0 spiro atoms. The number of halogens is 1. The fraction of sp³-hybridized carbons (Fsp3) is 0.688. The molecule has 0 saturated heterocycles. The molecule has 0 bridgehead atoms. The maximum Gasteiger partial charge on any atom is 0.171 e. The summed E-state index contributed by atoms with van der Waals surface area (Å²) in [5, 5.41) is 0. The topological polar surface area (TPSA) is 3.88 Å². The van der Waals surface area contributed by atoms with Gasteiger partial charge in [-0.25, -0.2) is 4.57 Å². The summed E-state index contributed by atoms with van der Waals surface area (Å²) in [6.07, 6.45) is 15.6. The summed E-state index contributed by atoms with van der Waals surface area (Å²) in [4.78, 5) is 0. The van der Waals surface area contributed by atoms with E-state index in [-0.39, 0.29) is 24.0 Å². The summed E-state index contributed by atoms with van der Waals surface area (Å²) in [6, 6.07) is 4.30. The van der Waals surface area contributed by atoms with Gasteiger partial charge in [0.15, 0.2) is 12.4 Å². The first-order valence-electron chi connectivity index (χ1n) is 7.28. The Morgan fingerprint density at radius 3 is 2.17 bits per heavy atom. The zero-order chi connectivity index (χ0) is 12.3. The van der Waals surface area contributed by atoms with E-state index < -0.39 is 0 Å². The van der Waals surface area contributed by atoms with E-state index >= 15 is 0 Å². The Morgan fingerprint density at radius 2 is 1.56 bits per heavy atom. The highest BCUT2D eigenvalue weighted by atomic mass is 127. The number of hydrogen-bond acceptors (Lipinski definition) is 0. The van der Waals surface area contributed by atoms with Crippen LogP contribution >= 0.6 is 0 Å². The van der Waals surface area contributed by atoms with Crippen molar-refractivity contribution < 1.29 is 28.5 Å². The second-order valence-electron chi connectivity index (χ2n) is 5.09. The normalized spacial score (nSPS) is 10.1. The Hall–Kier alpha value is -0.120. The van der Waals surface area contributed by atoms with E-state index in [0.717, 1.165) is 0 Å². The SMILES string of the molecule is CCCCCCCCCC[n+]1cccc(C)c1.[I-]. The first-order chi connectivity index (χ1) is 8.33. The van der Waals surface area contributed by atoms with Crippen LogP contribution in [0, 0.1) is 6.92 Å². The van der Waals surface area contributed by atoms with Crippen molar-refractivity contribution in [2.75, 3.05) is 0 Å². The lowest BCUT2D eigenvalue weighted by molar-refractivity contribution is -0.697. The lowest BCUT2D eigenvalue weighted by Crippen LogP contribution is -3.00. The van der Waals surface area contributed by atoms with Crippen LogP contribution in [0.25, 0.3) is 0 Å². The Kier molecular flexibility index (Phi) is 11.9. The van der Waals surface area contributed by atoms with Crippen molar-refractivity contribution in [3.8, 4) is 0 Å². The molecule has 104 valence electrons. The molecule has 1 heterocycles.